The predicted octanol–water partition coefficient (Wildman–Crippen LogP) is 2.43. The fourth-order valence-corrected chi connectivity index (χ4v) is 4.23. The zero-order valence-electron chi connectivity index (χ0n) is 13.9. The average Bonchev–Trinajstić information content (AvgIpc) is 2.65. The lowest BCUT2D eigenvalue weighted by molar-refractivity contribution is 0.141. The highest BCUT2D eigenvalue weighted by Crippen LogP contribution is 2.32. The molecule has 20 heavy (non-hydrogen) atoms. The Morgan fingerprint density at radius 3 is 2.70 bits per heavy atom. The molecule has 3 nitrogen and oxygen atoms in total. The molecule has 1 aliphatic heterocycles. The van der Waals surface area contributed by atoms with E-state index >= 15 is 0 Å². The molecule has 3 heteroatoms. The van der Waals surface area contributed by atoms with Gasteiger partial charge in [-0.05, 0) is 64.7 Å². The molecule has 0 amide bonds. The molecule has 2 aliphatic rings. The fourth-order valence-electron chi connectivity index (χ4n) is 4.23. The summed E-state index contributed by atoms with van der Waals surface area (Å²) >= 11 is 0. The van der Waals surface area contributed by atoms with Gasteiger partial charge in [0.25, 0.3) is 0 Å². The first-order chi connectivity index (χ1) is 9.72. The number of likely N-dealkylation sites (N-methyl/N-ethyl adjacent to an activating group) is 1. The summed E-state index contributed by atoms with van der Waals surface area (Å²) in [4.78, 5) is 5.21. The lowest BCUT2D eigenvalue weighted by Crippen LogP contribution is -2.45. The van der Waals surface area contributed by atoms with Crippen molar-refractivity contribution in [3.05, 3.63) is 0 Å². The molecule has 118 valence electrons. The first kappa shape index (κ1) is 16.3. The molecular weight excluding hydrogens is 246 g/mol. The molecule has 1 saturated heterocycles. The first-order valence-corrected chi connectivity index (χ1v) is 8.81. The van der Waals surface area contributed by atoms with Crippen LogP contribution >= 0.6 is 0 Å². The normalized spacial score (nSPS) is 34.0. The Morgan fingerprint density at radius 2 is 1.95 bits per heavy atom. The van der Waals surface area contributed by atoms with E-state index in [1.807, 2.05) is 0 Å². The third-order valence-electron chi connectivity index (χ3n) is 5.46. The number of nitrogens with zero attached hydrogens (tertiary/aromatic N) is 2. The van der Waals surface area contributed by atoms with Gasteiger partial charge < -0.3 is 15.1 Å². The molecule has 3 unspecified atom stereocenters. The van der Waals surface area contributed by atoms with Crippen LogP contribution in [0.2, 0.25) is 0 Å². The van der Waals surface area contributed by atoms with Crippen molar-refractivity contribution < 1.29 is 0 Å². The van der Waals surface area contributed by atoms with Crippen LogP contribution in [0.5, 0.6) is 0 Å². The quantitative estimate of drug-likeness (QED) is 0.835. The smallest absolute Gasteiger partial charge is 0.0109 e. The van der Waals surface area contributed by atoms with Gasteiger partial charge in [-0.3, -0.25) is 0 Å². The van der Waals surface area contributed by atoms with Crippen LogP contribution in [0.1, 0.15) is 45.4 Å². The number of rotatable bonds is 5. The summed E-state index contributed by atoms with van der Waals surface area (Å²) in [7, 11) is 4.42. The van der Waals surface area contributed by atoms with Gasteiger partial charge in [0.05, 0.1) is 0 Å². The Balaban J connectivity index is 1.86. The largest absolute Gasteiger partial charge is 0.317 e. The molecule has 2 rings (SSSR count). The Kier molecular flexibility index (Phi) is 6.79. The Bertz CT molecular complexity index is 269. The van der Waals surface area contributed by atoms with Gasteiger partial charge in [-0.15, -0.1) is 0 Å². The Labute approximate surface area is 126 Å². The van der Waals surface area contributed by atoms with E-state index in [9.17, 15) is 0 Å². The predicted molar refractivity (Wildman–Crippen MR) is 87.1 cm³/mol. The highest BCUT2D eigenvalue weighted by molar-refractivity contribution is 4.86. The van der Waals surface area contributed by atoms with Crippen LogP contribution in [-0.2, 0) is 0 Å². The van der Waals surface area contributed by atoms with Crippen LogP contribution in [-0.4, -0.2) is 62.7 Å². The van der Waals surface area contributed by atoms with E-state index < -0.39 is 0 Å². The number of hydrogen-bond acceptors (Lipinski definition) is 3. The summed E-state index contributed by atoms with van der Waals surface area (Å²) in [6, 6.07) is 0.754. The van der Waals surface area contributed by atoms with Gasteiger partial charge in [-0.25, -0.2) is 0 Å². The van der Waals surface area contributed by atoms with Gasteiger partial charge in [0.15, 0.2) is 0 Å². The molecular formula is C17H35N3. The number of nitrogens with one attached hydrogen (secondary N) is 1. The van der Waals surface area contributed by atoms with E-state index in [1.165, 1.54) is 71.2 Å². The Hall–Kier alpha value is -0.120. The molecule has 1 saturated carbocycles. The standard InChI is InChI=1S/C17H35N3/c1-4-6-15-7-8-17(18-2)16(13-15)14-20-10-5-9-19(3)11-12-20/h15-18H,4-14H2,1-3H3. The van der Waals surface area contributed by atoms with Crippen molar-refractivity contribution in [1.82, 2.24) is 15.1 Å². The zero-order chi connectivity index (χ0) is 14.4. The monoisotopic (exact) mass is 281 g/mol. The van der Waals surface area contributed by atoms with Crippen LogP contribution in [0.4, 0.5) is 0 Å². The summed E-state index contributed by atoms with van der Waals surface area (Å²) in [6.45, 7) is 8.74. The van der Waals surface area contributed by atoms with Crippen molar-refractivity contribution in [2.45, 2.75) is 51.5 Å². The maximum Gasteiger partial charge on any atom is 0.0109 e. The van der Waals surface area contributed by atoms with Crippen LogP contribution in [0.25, 0.3) is 0 Å². The van der Waals surface area contributed by atoms with E-state index in [0.717, 1.165) is 17.9 Å². The second kappa shape index (κ2) is 8.35. The summed E-state index contributed by atoms with van der Waals surface area (Å²) in [5, 5.41) is 3.59. The topological polar surface area (TPSA) is 18.5 Å². The minimum atomic E-state index is 0.754. The van der Waals surface area contributed by atoms with E-state index in [2.05, 4.69) is 36.1 Å². The van der Waals surface area contributed by atoms with Gasteiger partial charge >= 0.3 is 0 Å². The summed E-state index contributed by atoms with van der Waals surface area (Å²) < 4.78 is 0. The summed E-state index contributed by atoms with van der Waals surface area (Å²) in [5.41, 5.74) is 0. The van der Waals surface area contributed by atoms with Crippen molar-refractivity contribution >= 4 is 0 Å². The highest BCUT2D eigenvalue weighted by Gasteiger charge is 2.30. The molecule has 1 aliphatic carbocycles. The van der Waals surface area contributed by atoms with Crippen LogP contribution < -0.4 is 5.32 Å². The second-order valence-electron chi connectivity index (χ2n) is 7.08. The minimum Gasteiger partial charge on any atom is -0.317 e. The third kappa shape index (κ3) is 4.71. The van der Waals surface area contributed by atoms with Crippen molar-refractivity contribution in [2.75, 3.05) is 46.8 Å². The van der Waals surface area contributed by atoms with Gasteiger partial charge in [-0.1, -0.05) is 19.8 Å². The number of hydrogen-bond donors (Lipinski definition) is 1. The lowest BCUT2D eigenvalue weighted by Gasteiger charge is -2.38. The van der Waals surface area contributed by atoms with Crippen molar-refractivity contribution in [3.8, 4) is 0 Å². The van der Waals surface area contributed by atoms with Crippen molar-refractivity contribution in [2.24, 2.45) is 11.8 Å². The van der Waals surface area contributed by atoms with Crippen molar-refractivity contribution in [1.29, 1.82) is 0 Å². The molecule has 0 bridgehead atoms. The van der Waals surface area contributed by atoms with Gasteiger partial charge in [0.1, 0.15) is 0 Å². The zero-order valence-corrected chi connectivity index (χ0v) is 13.9. The molecule has 2 fully saturated rings. The SMILES string of the molecule is CCCC1CCC(NC)C(CN2CCCN(C)CC2)C1. The lowest BCUT2D eigenvalue weighted by atomic mass is 9.76. The maximum absolute atomic E-state index is 3.59. The minimum absolute atomic E-state index is 0.754. The molecule has 3 atom stereocenters. The average molecular weight is 281 g/mol. The maximum atomic E-state index is 3.59. The van der Waals surface area contributed by atoms with Gasteiger partial charge in [0, 0.05) is 25.7 Å². The molecule has 1 heterocycles. The van der Waals surface area contributed by atoms with Gasteiger partial charge in [0.2, 0.25) is 0 Å². The molecule has 0 aromatic carbocycles. The third-order valence-corrected chi connectivity index (χ3v) is 5.46. The van der Waals surface area contributed by atoms with Crippen molar-refractivity contribution in [3.63, 3.8) is 0 Å². The van der Waals surface area contributed by atoms with E-state index in [1.54, 1.807) is 0 Å². The van der Waals surface area contributed by atoms with E-state index in [4.69, 9.17) is 0 Å². The van der Waals surface area contributed by atoms with Gasteiger partial charge in [-0.2, -0.15) is 0 Å². The summed E-state index contributed by atoms with van der Waals surface area (Å²) in [6.07, 6.45) is 8.42. The van der Waals surface area contributed by atoms with Crippen LogP contribution in [0.3, 0.4) is 0 Å². The fraction of sp³-hybridized carbons (Fsp3) is 1.00. The Morgan fingerprint density at radius 1 is 1.10 bits per heavy atom. The molecule has 0 aromatic heterocycles. The molecule has 1 N–H and O–H groups in total. The van der Waals surface area contributed by atoms with Crippen LogP contribution in [0, 0.1) is 11.8 Å². The molecule has 0 aromatic rings. The molecule has 0 spiro atoms. The van der Waals surface area contributed by atoms with E-state index in [0.29, 0.717) is 0 Å². The second-order valence-corrected chi connectivity index (χ2v) is 7.08. The molecule has 0 radical (unpaired) electrons. The first-order valence-electron chi connectivity index (χ1n) is 8.81. The highest BCUT2D eigenvalue weighted by atomic mass is 15.2. The van der Waals surface area contributed by atoms with E-state index in [-0.39, 0.29) is 0 Å². The summed E-state index contributed by atoms with van der Waals surface area (Å²) in [5.74, 6) is 1.86. The van der Waals surface area contributed by atoms with Crippen LogP contribution in [0.15, 0.2) is 0 Å².